The SMILES string of the molecule is Cc1c(C(=O)Nc2cccc(Cl)c2N(C)C)cnn1-c1ccc(F)cc1. The van der Waals surface area contributed by atoms with Crippen molar-refractivity contribution in [1.82, 2.24) is 9.78 Å². The van der Waals surface area contributed by atoms with Crippen molar-refractivity contribution in [3.8, 4) is 5.69 Å². The number of benzene rings is 2. The van der Waals surface area contributed by atoms with Crippen molar-refractivity contribution in [3.05, 3.63) is 70.8 Å². The van der Waals surface area contributed by atoms with Gasteiger partial charge in [-0.2, -0.15) is 5.10 Å². The van der Waals surface area contributed by atoms with Crippen molar-refractivity contribution in [1.29, 1.82) is 0 Å². The highest BCUT2D eigenvalue weighted by atomic mass is 35.5. The first-order chi connectivity index (χ1) is 12.4. The van der Waals surface area contributed by atoms with Crippen LogP contribution in [0.25, 0.3) is 5.69 Å². The highest BCUT2D eigenvalue weighted by Gasteiger charge is 2.18. The van der Waals surface area contributed by atoms with E-state index in [2.05, 4.69) is 10.4 Å². The average Bonchev–Trinajstić information content (AvgIpc) is 2.97. The quantitative estimate of drug-likeness (QED) is 0.743. The van der Waals surface area contributed by atoms with Crippen molar-refractivity contribution in [3.63, 3.8) is 0 Å². The molecule has 1 N–H and O–H groups in total. The van der Waals surface area contributed by atoms with Crippen LogP contribution in [0.15, 0.2) is 48.7 Å². The Morgan fingerprint density at radius 1 is 1.19 bits per heavy atom. The maximum Gasteiger partial charge on any atom is 0.259 e. The standard InChI is InChI=1S/C19H18ClFN4O/c1-12-15(11-22-25(12)14-9-7-13(21)8-10-14)19(26)23-17-6-4-5-16(20)18(17)24(2)3/h4-11H,1-3H3,(H,23,26). The van der Waals surface area contributed by atoms with Crippen molar-refractivity contribution in [2.24, 2.45) is 0 Å². The lowest BCUT2D eigenvalue weighted by molar-refractivity contribution is 0.102. The fourth-order valence-electron chi connectivity index (χ4n) is 2.74. The third kappa shape index (κ3) is 3.41. The third-order valence-corrected chi connectivity index (χ3v) is 4.31. The fourth-order valence-corrected chi connectivity index (χ4v) is 3.08. The maximum atomic E-state index is 13.1. The van der Waals surface area contributed by atoms with E-state index in [0.29, 0.717) is 27.7 Å². The summed E-state index contributed by atoms with van der Waals surface area (Å²) in [7, 11) is 3.71. The van der Waals surface area contributed by atoms with Crippen LogP contribution < -0.4 is 10.2 Å². The molecule has 7 heteroatoms. The van der Waals surface area contributed by atoms with Crippen molar-refractivity contribution in [2.45, 2.75) is 6.92 Å². The smallest absolute Gasteiger partial charge is 0.259 e. The lowest BCUT2D eigenvalue weighted by Crippen LogP contribution is -2.17. The largest absolute Gasteiger partial charge is 0.375 e. The topological polar surface area (TPSA) is 50.2 Å². The minimum Gasteiger partial charge on any atom is -0.375 e. The predicted octanol–water partition coefficient (Wildman–Crippen LogP) is 4.29. The second-order valence-electron chi connectivity index (χ2n) is 6.02. The van der Waals surface area contributed by atoms with Crippen LogP contribution in [0, 0.1) is 12.7 Å². The molecule has 0 spiro atoms. The van der Waals surface area contributed by atoms with Crippen LogP contribution in [0.5, 0.6) is 0 Å². The number of halogens is 2. The van der Waals surface area contributed by atoms with Gasteiger partial charge in [-0.15, -0.1) is 0 Å². The van der Waals surface area contributed by atoms with E-state index < -0.39 is 0 Å². The van der Waals surface area contributed by atoms with Crippen LogP contribution in [0.3, 0.4) is 0 Å². The van der Waals surface area contributed by atoms with Gasteiger partial charge in [0.2, 0.25) is 0 Å². The predicted molar refractivity (Wildman–Crippen MR) is 102 cm³/mol. The second-order valence-corrected chi connectivity index (χ2v) is 6.42. The van der Waals surface area contributed by atoms with Gasteiger partial charge in [0, 0.05) is 14.1 Å². The zero-order valence-corrected chi connectivity index (χ0v) is 15.4. The van der Waals surface area contributed by atoms with Crippen molar-refractivity contribution in [2.75, 3.05) is 24.3 Å². The van der Waals surface area contributed by atoms with E-state index in [1.807, 2.05) is 19.0 Å². The lowest BCUT2D eigenvalue weighted by Gasteiger charge is -2.19. The number of nitrogens with zero attached hydrogens (tertiary/aromatic N) is 3. The highest BCUT2D eigenvalue weighted by molar-refractivity contribution is 6.34. The van der Waals surface area contributed by atoms with Gasteiger partial charge in [0.15, 0.2) is 0 Å². The van der Waals surface area contributed by atoms with Crippen molar-refractivity contribution >= 4 is 28.9 Å². The Kier molecular flexibility index (Phi) is 4.95. The molecular weight excluding hydrogens is 355 g/mol. The van der Waals surface area contributed by atoms with Gasteiger partial charge in [-0.1, -0.05) is 17.7 Å². The number of rotatable bonds is 4. The molecule has 26 heavy (non-hydrogen) atoms. The van der Waals surface area contributed by atoms with Crippen molar-refractivity contribution < 1.29 is 9.18 Å². The highest BCUT2D eigenvalue weighted by Crippen LogP contribution is 2.32. The molecule has 0 aliphatic rings. The van der Waals surface area contributed by atoms with E-state index in [0.717, 1.165) is 5.69 Å². The summed E-state index contributed by atoms with van der Waals surface area (Å²) in [5.41, 5.74) is 3.11. The third-order valence-electron chi connectivity index (χ3n) is 4.01. The molecule has 1 amide bonds. The van der Waals surface area contributed by atoms with E-state index in [-0.39, 0.29) is 11.7 Å². The second kappa shape index (κ2) is 7.17. The molecule has 0 radical (unpaired) electrons. The molecule has 0 saturated carbocycles. The van der Waals surface area contributed by atoms with Gasteiger partial charge < -0.3 is 10.2 Å². The number of amides is 1. The van der Waals surface area contributed by atoms with Crippen LogP contribution in [0.2, 0.25) is 5.02 Å². The molecule has 0 aliphatic heterocycles. The van der Waals surface area contributed by atoms with E-state index in [9.17, 15) is 9.18 Å². The Labute approximate surface area is 156 Å². The Bertz CT molecular complexity index is 951. The maximum absolute atomic E-state index is 13.1. The molecule has 0 fully saturated rings. The normalized spacial score (nSPS) is 10.7. The molecule has 134 valence electrons. The summed E-state index contributed by atoms with van der Waals surface area (Å²) in [6, 6.07) is 11.3. The summed E-state index contributed by atoms with van der Waals surface area (Å²) in [6.07, 6.45) is 1.49. The zero-order chi connectivity index (χ0) is 18.8. The number of nitrogens with one attached hydrogen (secondary N) is 1. The average molecular weight is 373 g/mol. The van der Waals surface area contributed by atoms with Crippen LogP contribution >= 0.6 is 11.6 Å². The summed E-state index contributed by atoms with van der Waals surface area (Å²) in [4.78, 5) is 14.6. The van der Waals surface area contributed by atoms with E-state index in [4.69, 9.17) is 11.6 Å². The first kappa shape index (κ1) is 17.9. The first-order valence-electron chi connectivity index (χ1n) is 7.96. The number of anilines is 2. The summed E-state index contributed by atoms with van der Waals surface area (Å²) in [6.45, 7) is 1.79. The summed E-state index contributed by atoms with van der Waals surface area (Å²) >= 11 is 6.24. The minimum absolute atomic E-state index is 0.291. The number of carbonyl (C=O) groups excluding carboxylic acids is 1. The molecule has 2 aromatic carbocycles. The van der Waals surface area contributed by atoms with E-state index >= 15 is 0 Å². The van der Waals surface area contributed by atoms with Gasteiger partial charge in [0.25, 0.3) is 5.91 Å². The Morgan fingerprint density at radius 2 is 1.88 bits per heavy atom. The molecule has 5 nitrogen and oxygen atoms in total. The molecule has 1 aromatic heterocycles. The number of carbonyl (C=O) groups is 1. The van der Waals surface area contributed by atoms with Crippen LogP contribution in [0.4, 0.5) is 15.8 Å². The molecule has 0 atom stereocenters. The fraction of sp³-hybridized carbons (Fsp3) is 0.158. The molecular formula is C19H18ClFN4O. The molecule has 0 aliphatic carbocycles. The van der Waals surface area contributed by atoms with E-state index in [1.54, 1.807) is 41.9 Å². The van der Waals surface area contributed by atoms with Gasteiger partial charge in [-0.25, -0.2) is 9.07 Å². The molecule has 0 bridgehead atoms. The Balaban J connectivity index is 1.91. The molecule has 0 saturated heterocycles. The Hall–Kier alpha value is -2.86. The number of aromatic nitrogens is 2. The molecule has 1 heterocycles. The van der Waals surface area contributed by atoms with Gasteiger partial charge >= 0.3 is 0 Å². The lowest BCUT2D eigenvalue weighted by atomic mass is 10.2. The molecule has 0 unspecified atom stereocenters. The van der Waals surface area contributed by atoms with E-state index in [1.165, 1.54) is 18.3 Å². The minimum atomic E-state index is -0.325. The number of hydrogen-bond donors (Lipinski definition) is 1. The monoisotopic (exact) mass is 372 g/mol. The summed E-state index contributed by atoms with van der Waals surface area (Å²) < 4.78 is 14.7. The molecule has 3 rings (SSSR count). The van der Waals surface area contributed by atoms with Gasteiger partial charge in [-0.3, -0.25) is 4.79 Å². The molecule has 3 aromatic rings. The zero-order valence-electron chi connectivity index (χ0n) is 14.6. The summed E-state index contributed by atoms with van der Waals surface area (Å²) in [5, 5.41) is 7.68. The van der Waals surface area contributed by atoms with Crippen LogP contribution in [0.1, 0.15) is 16.1 Å². The van der Waals surface area contributed by atoms with Crippen LogP contribution in [-0.2, 0) is 0 Å². The van der Waals surface area contributed by atoms with Gasteiger partial charge in [-0.05, 0) is 43.3 Å². The Morgan fingerprint density at radius 3 is 2.54 bits per heavy atom. The van der Waals surface area contributed by atoms with Gasteiger partial charge in [0.05, 0.1) is 39.5 Å². The number of para-hydroxylation sites is 1. The number of hydrogen-bond acceptors (Lipinski definition) is 3. The van der Waals surface area contributed by atoms with Gasteiger partial charge in [0.1, 0.15) is 5.82 Å². The van der Waals surface area contributed by atoms with Crippen LogP contribution in [-0.4, -0.2) is 29.8 Å². The first-order valence-corrected chi connectivity index (χ1v) is 8.34. The summed E-state index contributed by atoms with van der Waals surface area (Å²) in [5.74, 6) is -0.616.